The molecule has 2 amide bonds. The summed E-state index contributed by atoms with van der Waals surface area (Å²) in [5, 5.41) is 0. The van der Waals surface area contributed by atoms with Gasteiger partial charge in [0.15, 0.2) is 0 Å². The van der Waals surface area contributed by atoms with Crippen LogP contribution in [0.25, 0.3) is 0 Å². The molecule has 0 spiro atoms. The molecule has 1 aromatic carbocycles. The van der Waals surface area contributed by atoms with Crippen molar-refractivity contribution in [3.05, 3.63) is 35.9 Å². The number of likely N-dealkylation sites (N-methyl/N-ethyl adjacent to an activating group) is 1. The maximum Gasteiger partial charge on any atom is 0.239 e. The summed E-state index contributed by atoms with van der Waals surface area (Å²) in [6.45, 7) is 10.1. The van der Waals surface area contributed by atoms with Crippen molar-refractivity contribution in [2.75, 3.05) is 32.7 Å². The first-order valence-electron chi connectivity index (χ1n) is 8.85. The van der Waals surface area contributed by atoms with Crippen molar-refractivity contribution in [1.29, 1.82) is 0 Å². The Balaban J connectivity index is 1.97. The molecule has 5 nitrogen and oxygen atoms in total. The molecule has 1 atom stereocenters. The maximum atomic E-state index is 12.9. The van der Waals surface area contributed by atoms with Crippen molar-refractivity contribution in [3.8, 4) is 0 Å². The fourth-order valence-corrected chi connectivity index (χ4v) is 3.21. The number of hydrogen-bond donors (Lipinski definition) is 0. The Kier molecular flexibility index (Phi) is 6.79. The Morgan fingerprint density at radius 1 is 1.12 bits per heavy atom. The van der Waals surface area contributed by atoms with Crippen LogP contribution in [0.15, 0.2) is 30.3 Å². The second-order valence-corrected chi connectivity index (χ2v) is 6.41. The van der Waals surface area contributed by atoms with E-state index in [1.807, 2.05) is 41.8 Å². The minimum atomic E-state index is -0.152. The number of carbonyl (C=O) groups is 2. The van der Waals surface area contributed by atoms with Crippen LogP contribution in [0.1, 0.15) is 32.8 Å². The van der Waals surface area contributed by atoms with Crippen LogP contribution in [0.5, 0.6) is 0 Å². The molecular formula is C19H29N3O2. The molecule has 0 aliphatic carbocycles. The summed E-state index contributed by atoms with van der Waals surface area (Å²) in [4.78, 5) is 30.5. The van der Waals surface area contributed by atoms with Gasteiger partial charge < -0.3 is 9.80 Å². The van der Waals surface area contributed by atoms with Crippen LogP contribution in [-0.2, 0) is 16.1 Å². The van der Waals surface area contributed by atoms with Crippen molar-refractivity contribution in [3.63, 3.8) is 0 Å². The van der Waals surface area contributed by atoms with E-state index >= 15 is 0 Å². The van der Waals surface area contributed by atoms with E-state index in [1.54, 1.807) is 6.92 Å². The van der Waals surface area contributed by atoms with Crippen LogP contribution in [0.2, 0.25) is 0 Å². The van der Waals surface area contributed by atoms with Crippen LogP contribution >= 0.6 is 0 Å². The molecule has 2 rings (SSSR count). The molecule has 1 fully saturated rings. The lowest BCUT2D eigenvalue weighted by Crippen LogP contribution is -2.48. The average molecular weight is 331 g/mol. The Morgan fingerprint density at radius 3 is 2.46 bits per heavy atom. The summed E-state index contributed by atoms with van der Waals surface area (Å²) in [5.41, 5.74) is 1.15. The van der Waals surface area contributed by atoms with Gasteiger partial charge >= 0.3 is 0 Å². The Morgan fingerprint density at radius 2 is 1.83 bits per heavy atom. The van der Waals surface area contributed by atoms with Gasteiger partial charge in [-0.15, -0.1) is 0 Å². The predicted octanol–water partition coefficient (Wildman–Crippen LogP) is 1.98. The minimum Gasteiger partial charge on any atom is -0.342 e. The molecule has 132 valence electrons. The first-order chi connectivity index (χ1) is 11.5. The third-order valence-corrected chi connectivity index (χ3v) is 4.79. The number of carbonyl (C=O) groups excluding carboxylic acids is 2. The number of hydrogen-bond acceptors (Lipinski definition) is 3. The zero-order valence-corrected chi connectivity index (χ0v) is 15.1. The van der Waals surface area contributed by atoms with Gasteiger partial charge in [-0.3, -0.25) is 14.5 Å². The van der Waals surface area contributed by atoms with Crippen LogP contribution in [0.4, 0.5) is 0 Å². The SMILES string of the molecule is CCN(Cc1ccccc1)C(=O)C(C)N1CCCN(C(C)=O)CC1. The molecule has 0 N–H and O–H groups in total. The molecule has 1 unspecified atom stereocenters. The molecule has 0 bridgehead atoms. The summed E-state index contributed by atoms with van der Waals surface area (Å²) in [6.07, 6.45) is 0.919. The fraction of sp³-hybridized carbons (Fsp3) is 0.579. The summed E-state index contributed by atoms with van der Waals surface area (Å²) in [7, 11) is 0. The van der Waals surface area contributed by atoms with E-state index in [0.717, 1.165) is 31.6 Å². The molecule has 1 aromatic rings. The monoisotopic (exact) mass is 331 g/mol. The van der Waals surface area contributed by atoms with Crippen LogP contribution in [0, 0.1) is 0 Å². The van der Waals surface area contributed by atoms with Crippen LogP contribution in [0.3, 0.4) is 0 Å². The van der Waals surface area contributed by atoms with Gasteiger partial charge in [0.25, 0.3) is 0 Å². The van der Waals surface area contributed by atoms with Crippen molar-refractivity contribution in [2.24, 2.45) is 0 Å². The average Bonchev–Trinajstić information content (AvgIpc) is 2.85. The fourth-order valence-electron chi connectivity index (χ4n) is 3.21. The number of benzene rings is 1. The van der Waals surface area contributed by atoms with E-state index in [1.165, 1.54) is 0 Å². The zero-order valence-electron chi connectivity index (χ0n) is 15.1. The lowest BCUT2D eigenvalue weighted by Gasteiger charge is -2.31. The van der Waals surface area contributed by atoms with E-state index in [-0.39, 0.29) is 17.9 Å². The van der Waals surface area contributed by atoms with Gasteiger partial charge in [-0.25, -0.2) is 0 Å². The molecule has 0 radical (unpaired) electrons. The largest absolute Gasteiger partial charge is 0.342 e. The molecule has 0 saturated carbocycles. The molecule has 1 heterocycles. The third kappa shape index (κ3) is 4.81. The second kappa shape index (κ2) is 8.83. The highest BCUT2D eigenvalue weighted by molar-refractivity contribution is 5.81. The summed E-state index contributed by atoms with van der Waals surface area (Å²) >= 11 is 0. The highest BCUT2D eigenvalue weighted by atomic mass is 16.2. The summed E-state index contributed by atoms with van der Waals surface area (Å²) in [6, 6.07) is 9.95. The molecule has 5 heteroatoms. The normalized spacial score (nSPS) is 17.2. The van der Waals surface area contributed by atoms with Gasteiger partial charge in [0.2, 0.25) is 11.8 Å². The van der Waals surface area contributed by atoms with Crippen molar-refractivity contribution in [2.45, 2.75) is 39.8 Å². The molecule has 1 aliphatic rings. The molecule has 24 heavy (non-hydrogen) atoms. The van der Waals surface area contributed by atoms with E-state index in [0.29, 0.717) is 19.6 Å². The van der Waals surface area contributed by atoms with Gasteiger partial charge in [0, 0.05) is 46.2 Å². The Hall–Kier alpha value is -1.88. The van der Waals surface area contributed by atoms with Crippen molar-refractivity contribution in [1.82, 2.24) is 14.7 Å². The van der Waals surface area contributed by atoms with Crippen LogP contribution < -0.4 is 0 Å². The summed E-state index contributed by atoms with van der Waals surface area (Å²) in [5.74, 6) is 0.285. The standard InChI is InChI=1S/C19H29N3O2/c1-4-20(15-18-9-6-5-7-10-18)19(24)16(2)21-11-8-12-22(14-13-21)17(3)23/h5-7,9-10,16H,4,8,11-15H2,1-3H3. The van der Waals surface area contributed by atoms with E-state index < -0.39 is 0 Å². The molecule has 1 saturated heterocycles. The minimum absolute atomic E-state index is 0.120. The summed E-state index contributed by atoms with van der Waals surface area (Å²) < 4.78 is 0. The lowest BCUT2D eigenvalue weighted by molar-refractivity contribution is -0.136. The van der Waals surface area contributed by atoms with E-state index in [2.05, 4.69) is 17.0 Å². The smallest absolute Gasteiger partial charge is 0.239 e. The highest BCUT2D eigenvalue weighted by Gasteiger charge is 2.27. The van der Waals surface area contributed by atoms with Crippen molar-refractivity contribution < 1.29 is 9.59 Å². The second-order valence-electron chi connectivity index (χ2n) is 6.41. The van der Waals surface area contributed by atoms with Gasteiger partial charge in [0.05, 0.1) is 6.04 Å². The van der Waals surface area contributed by atoms with Crippen molar-refractivity contribution >= 4 is 11.8 Å². The molecule has 0 aromatic heterocycles. The first kappa shape index (κ1) is 18.5. The maximum absolute atomic E-state index is 12.9. The van der Waals surface area contributed by atoms with Gasteiger partial charge in [-0.2, -0.15) is 0 Å². The predicted molar refractivity (Wildman–Crippen MR) is 95.4 cm³/mol. The topological polar surface area (TPSA) is 43.9 Å². The van der Waals surface area contributed by atoms with Crippen LogP contribution in [-0.4, -0.2) is 65.3 Å². The first-order valence-corrected chi connectivity index (χ1v) is 8.85. The Labute approximate surface area is 145 Å². The molecular weight excluding hydrogens is 302 g/mol. The zero-order chi connectivity index (χ0) is 17.5. The van der Waals surface area contributed by atoms with Gasteiger partial charge in [-0.05, 0) is 25.8 Å². The number of amides is 2. The number of nitrogens with zero attached hydrogens (tertiary/aromatic N) is 3. The molecule has 1 aliphatic heterocycles. The van der Waals surface area contributed by atoms with Gasteiger partial charge in [-0.1, -0.05) is 30.3 Å². The third-order valence-electron chi connectivity index (χ3n) is 4.79. The quantitative estimate of drug-likeness (QED) is 0.829. The lowest BCUT2D eigenvalue weighted by atomic mass is 10.1. The number of rotatable bonds is 5. The van der Waals surface area contributed by atoms with E-state index in [4.69, 9.17) is 0 Å². The van der Waals surface area contributed by atoms with E-state index in [9.17, 15) is 9.59 Å². The highest BCUT2D eigenvalue weighted by Crippen LogP contribution is 2.12. The Bertz CT molecular complexity index is 547. The van der Waals surface area contributed by atoms with Gasteiger partial charge in [0.1, 0.15) is 0 Å².